The van der Waals surface area contributed by atoms with Crippen molar-refractivity contribution in [1.29, 1.82) is 0 Å². The summed E-state index contributed by atoms with van der Waals surface area (Å²) in [5.41, 5.74) is 1.99. The molecule has 0 unspecified atom stereocenters. The topological polar surface area (TPSA) is 64.0 Å². The first-order chi connectivity index (χ1) is 13.7. The fourth-order valence-corrected chi connectivity index (χ4v) is 4.53. The van der Waals surface area contributed by atoms with Crippen LogP contribution in [0.25, 0.3) is 10.2 Å². The molecule has 5 nitrogen and oxygen atoms in total. The van der Waals surface area contributed by atoms with E-state index in [0.717, 1.165) is 25.7 Å². The Morgan fingerprint density at radius 1 is 1.21 bits per heavy atom. The van der Waals surface area contributed by atoms with E-state index in [2.05, 4.69) is 29.4 Å². The molecule has 2 aromatic heterocycles. The second-order valence-electron chi connectivity index (χ2n) is 6.57. The van der Waals surface area contributed by atoms with Crippen molar-refractivity contribution in [3.8, 4) is 0 Å². The maximum Gasteiger partial charge on any atom is 0.272 e. The summed E-state index contributed by atoms with van der Waals surface area (Å²) in [4.78, 5) is 29.5. The van der Waals surface area contributed by atoms with Gasteiger partial charge < -0.3 is 5.32 Å². The van der Waals surface area contributed by atoms with Crippen molar-refractivity contribution in [3.63, 3.8) is 0 Å². The molecular formula is C21H25N3O2S2. The summed E-state index contributed by atoms with van der Waals surface area (Å²) in [5.74, 6) is 0.235. The molecule has 3 rings (SSSR count). The van der Waals surface area contributed by atoms with E-state index >= 15 is 0 Å². The van der Waals surface area contributed by atoms with Gasteiger partial charge in [0.25, 0.3) is 5.56 Å². The predicted molar refractivity (Wildman–Crippen MR) is 117 cm³/mol. The fourth-order valence-electron chi connectivity index (χ4n) is 2.89. The Hall–Kier alpha value is -2.12. The zero-order valence-electron chi connectivity index (χ0n) is 16.0. The lowest BCUT2D eigenvalue weighted by atomic mass is 10.1. The number of nitrogens with one attached hydrogen (secondary N) is 1. The second-order valence-corrected chi connectivity index (χ2v) is 8.43. The van der Waals surface area contributed by atoms with Crippen LogP contribution in [-0.2, 0) is 17.8 Å². The monoisotopic (exact) mass is 415 g/mol. The number of thiophene rings is 1. The van der Waals surface area contributed by atoms with Crippen LogP contribution in [0.15, 0.2) is 51.7 Å². The molecule has 148 valence electrons. The molecule has 0 aliphatic rings. The highest BCUT2D eigenvalue weighted by Crippen LogP contribution is 2.21. The smallest absolute Gasteiger partial charge is 0.272 e. The molecule has 0 saturated carbocycles. The van der Waals surface area contributed by atoms with Crippen molar-refractivity contribution in [1.82, 2.24) is 14.9 Å². The minimum Gasteiger partial charge on any atom is -0.355 e. The van der Waals surface area contributed by atoms with Crippen LogP contribution in [0.3, 0.4) is 0 Å². The fraction of sp³-hybridized carbons (Fsp3) is 0.381. The van der Waals surface area contributed by atoms with Crippen LogP contribution in [-0.4, -0.2) is 27.8 Å². The molecule has 1 N–H and O–H groups in total. The van der Waals surface area contributed by atoms with E-state index in [4.69, 9.17) is 0 Å². The number of carbonyl (C=O) groups is 1. The molecule has 7 heteroatoms. The summed E-state index contributed by atoms with van der Waals surface area (Å²) in [6.45, 7) is 3.38. The van der Waals surface area contributed by atoms with Crippen molar-refractivity contribution in [2.24, 2.45) is 0 Å². The summed E-state index contributed by atoms with van der Waals surface area (Å²) in [6, 6.07) is 12.1. The summed E-state index contributed by atoms with van der Waals surface area (Å²) < 4.78 is 2.40. The van der Waals surface area contributed by atoms with Gasteiger partial charge in [0.1, 0.15) is 4.70 Å². The first-order valence-corrected chi connectivity index (χ1v) is 11.5. The normalized spacial score (nSPS) is 11.0. The van der Waals surface area contributed by atoms with Crippen molar-refractivity contribution in [2.45, 2.75) is 44.3 Å². The maximum atomic E-state index is 12.7. The third-order valence-corrected chi connectivity index (χ3v) is 6.27. The van der Waals surface area contributed by atoms with Gasteiger partial charge in [0.2, 0.25) is 5.91 Å². The van der Waals surface area contributed by atoms with Crippen LogP contribution in [0.4, 0.5) is 0 Å². The van der Waals surface area contributed by atoms with Crippen molar-refractivity contribution >= 4 is 39.2 Å². The molecule has 0 saturated heterocycles. The Kier molecular flexibility index (Phi) is 7.68. The van der Waals surface area contributed by atoms with Crippen LogP contribution < -0.4 is 10.9 Å². The maximum absolute atomic E-state index is 12.7. The van der Waals surface area contributed by atoms with E-state index in [1.54, 1.807) is 4.57 Å². The minimum atomic E-state index is -0.0280. The van der Waals surface area contributed by atoms with E-state index in [1.807, 2.05) is 29.6 Å². The van der Waals surface area contributed by atoms with Gasteiger partial charge in [-0.2, -0.15) is 0 Å². The van der Waals surface area contributed by atoms with Crippen LogP contribution in [0.5, 0.6) is 0 Å². The Morgan fingerprint density at radius 2 is 2.04 bits per heavy atom. The standard InChI is InChI=1S/C21H25N3O2S2/c1-2-3-13-24-20(26)19-17(11-14-27-19)23-21(24)28-15-18(25)22-12-7-10-16-8-5-4-6-9-16/h4-6,8-9,11,14H,2-3,7,10,12-13,15H2,1H3,(H,22,25). The SMILES string of the molecule is CCCCn1c(SCC(=O)NCCCc2ccccc2)nc2ccsc2c1=O. The van der Waals surface area contributed by atoms with Gasteiger partial charge >= 0.3 is 0 Å². The molecule has 0 fully saturated rings. The molecule has 28 heavy (non-hydrogen) atoms. The lowest BCUT2D eigenvalue weighted by Gasteiger charge is -2.11. The molecule has 0 bridgehead atoms. The van der Waals surface area contributed by atoms with E-state index in [0.29, 0.717) is 28.5 Å². The van der Waals surface area contributed by atoms with Gasteiger partial charge in [-0.1, -0.05) is 55.4 Å². The Balaban J connectivity index is 1.55. The molecule has 0 aliphatic carbocycles. The third kappa shape index (κ3) is 5.45. The molecule has 1 amide bonds. The number of rotatable bonds is 10. The number of unbranched alkanes of at least 4 members (excludes halogenated alkanes) is 1. The molecule has 0 atom stereocenters. The van der Waals surface area contributed by atoms with Crippen molar-refractivity contribution in [2.75, 3.05) is 12.3 Å². The zero-order valence-corrected chi connectivity index (χ0v) is 17.7. The van der Waals surface area contributed by atoms with Crippen LogP contribution in [0.1, 0.15) is 31.7 Å². The van der Waals surface area contributed by atoms with Gasteiger partial charge in [-0.25, -0.2) is 4.98 Å². The molecule has 0 spiro atoms. The summed E-state index contributed by atoms with van der Waals surface area (Å²) in [6.07, 6.45) is 3.76. The average molecular weight is 416 g/mol. The van der Waals surface area contributed by atoms with Gasteiger partial charge in [-0.3, -0.25) is 14.2 Å². The highest BCUT2D eigenvalue weighted by molar-refractivity contribution is 7.99. The summed E-state index contributed by atoms with van der Waals surface area (Å²) in [5, 5.41) is 5.47. The minimum absolute atomic E-state index is 0.000723. The van der Waals surface area contributed by atoms with E-state index in [1.165, 1.54) is 28.7 Å². The van der Waals surface area contributed by atoms with Gasteiger partial charge in [-0.15, -0.1) is 11.3 Å². The third-order valence-electron chi connectivity index (χ3n) is 4.41. The highest BCUT2D eigenvalue weighted by atomic mass is 32.2. The van der Waals surface area contributed by atoms with Gasteiger partial charge in [-0.05, 0) is 36.3 Å². The number of carbonyl (C=O) groups excluding carboxylic acids is 1. The molecular weight excluding hydrogens is 390 g/mol. The number of benzene rings is 1. The number of thioether (sulfide) groups is 1. The van der Waals surface area contributed by atoms with E-state index in [-0.39, 0.29) is 17.2 Å². The first-order valence-electron chi connectivity index (χ1n) is 9.60. The van der Waals surface area contributed by atoms with Crippen LogP contribution >= 0.6 is 23.1 Å². The number of hydrogen-bond donors (Lipinski definition) is 1. The molecule has 0 aliphatic heterocycles. The predicted octanol–water partition coefficient (Wildman–Crippen LogP) is 4.10. The van der Waals surface area contributed by atoms with Gasteiger partial charge in [0.05, 0.1) is 11.3 Å². The largest absolute Gasteiger partial charge is 0.355 e. The van der Waals surface area contributed by atoms with Gasteiger partial charge in [0, 0.05) is 13.1 Å². The average Bonchev–Trinajstić information content (AvgIpc) is 3.19. The van der Waals surface area contributed by atoms with Gasteiger partial charge in [0.15, 0.2) is 5.16 Å². The first kappa shape index (κ1) is 20.6. The second kappa shape index (κ2) is 10.4. The van der Waals surface area contributed by atoms with Crippen LogP contribution in [0.2, 0.25) is 0 Å². The molecule has 2 heterocycles. The lowest BCUT2D eigenvalue weighted by molar-refractivity contribution is -0.118. The molecule has 3 aromatic rings. The Bertz CT molecular complexity index is 967. The van der Waals surface area contributed by atoms with Crippen molar-refractivity contribution < 1.29 is 4.79 Å². The summed E-state index contributed by atoms with van der Waals surface area (Å²) >= 11 is 2.76. The number of hydrogen-bond acceptors (Lipinski definition) is 5. The number of amides is 1. The molecule has 0 radical (unpaired) electrons. The number of fused-ring (bicyclic) bond motifs is 1. The Labute approximate surface area is 173 Å². The van der Waals surface area contributed by atoms with E-state index in [9.17, 15) is 9.59 Å². The summed E-state index contributed by atoms with van der Waals surface area (Å²) in [7, 11) is 0. The molecule has 1 aromatic carbocycles. The van der Waals surface area contributed by atoms with Crippen molar-refractivity contribution in [3.05, 3.63) is 57.7 Å². The van der Waals surface area contributed by atoms with E-state index < -0.39 is 0 Å². The number of aryl methyl sites for hydroxylation is 1. The lowest BCUT2D eigenvalue weighted by Crippen LogP contribution is -2.27. The quantitative estimate of drug-likeness (QED) is 0.308. The highest BCUT2D eigenvalue weighted by Gasteiger charge is 2.13. The Morgan fingerprint density at radius 3 is 2.82 bits per heavy atom. The van der Waals surface area contributed by atoms with Crippen LogP contribution in [0, 0.1) is 0 Å². The number of aromatic nitrogens is 2. The zero-order chi connectivity index (χ0) is 19.8. The number of nitrogens with zero attached hydrogens (tertiary/aromatic N) is 2.